The lowest BCUT2D eigenvalue weighted by atomic mass is 10.3. The van der Waals surface area contributed by atoms with Crippen molar-refractivity contribution in [1.29, 1.82) is 0 Å². The second-order valence-electron chi connectivity index (χ2n) is 4.07. The first kappa shape index (κ1) is 17.5. The van der Waals surface area contributed by atoms with Crippen LogP contribution in [-0.2, 0) is 20.8 Å². The molecule has 1 heterocycles. The Morgan fingerprint density at radius 2 is 2.20 bits per heavy atom. The van der Waals surface area contributed by atoms with Crippen LogP contribution in [0.15, 0.2) is 10.3 Å². The topological polar surface area (TPSA) is 106 Å². The van der Waals surface area contributed by atoms with Gasteiger partial charge in [0.05, 0.1) is 4.92 Å². The third-order valence-electron chi connectivity index (χ3n) is 2.30. The van der Waals surface area contributed by atoms with Crippen LogP contribution in [0.3, 0.4) is 0 Å². The molecule has 1 N–H and O–H groups in total. The van der Waals surface area contributed by atoms with Gasteiger partial charge in [0.2, 0.25) is 0 Å². The van der Waals surface area contributed by atoms with Crippen LogP contribution < -0.4 is 4.72 Å². The number of hydrogen-bond acceptors (Lipinski definition) is 6. The van der Waals surface area contributed by atoms with Crippen molar-refractivity contribution < 1.29 is 17.6 Å². The number of hydrogen-bond donors (Lipinski definition) is 1. The maximum Gasteiger partial charge on any atom is 0.300 e. The summed E-state index contributed by atoms with van der Waals surface area (Å²) in [5.41, 5.74) is -0.431. The summed E-state index contributed by atoms with van der Waals surface area (Å²) in [6, 6.07) is 0.504. The SMILES string of the molecule is CC(CCS(C)=O)NS(=O)(=O)c1cc([N+](=O)[O-])c(Cl)s1. The molecule has 1 aromatic rings. The van der Waals surface area contributed by atoms with Crippen LogP contribution >= 0.6 is 22.9 Å². The van der Waals surface area contributed by atoms with Crippen molar-refractivity contribution in [3.8, 4) is 0 Å². The lowest BCUT2D eigenvalue weighted by Crippen LogP contribution is -2.33. The third-order valence-corrected chi connectivity index (χ3v) is 6.51. The fourth-order valence-electron chi connectivity index (χ4n) is 1.32. The molecule has 0 amide bonds. The smallest absolute Gasteiger partial charge is 0.260 e. The summed E-state index contributed by atoms with van der Waals surface area (Å²) in [6.07, 6.45) is 1.94. The molecule has 0 aromatic carbocycles. The van der Waals surface area contributed by atoms with E-state index in [9.17, 15) is 22.7 Å². The average Bonchev–Trinajstić information content (AvgIpc) is 2.69. The van der Waals surface area contributed by atoms with Gasteiger partial charge in [-0.15, -0.1) is 11.3 Å². The second kappa shape index (κ2) is 6.94. The predicted molar refractivity (Wildman–Crippen MR) is 79.3 cm³/mol. The highest BCUT2D eigenvalue weighted by Crippen LogP contribution is 2.36. The zero-order chi connectivity index (χ0) is 15.5. The number of sulfonamides is 1. The van der Waals surface area contributed by atoms with Gasteiger partial charge in [0.1, 0.15) is 4.21 Å². The largest absolute Gasteiger partial charge is 0.300 e. The molecule has 0 aliphatic heterocycles. The van der Waals surface area contributed by atoms with E-state index in [0.29, 0.717) is 23.5 Å². The summed E-state index contributed by atoms with van der Waals surface area (Å²) < 4.78 is 37.0. The summed E-state index contributed by atoms with van der Waals surface area (Å²) in [4.78, 5) is 9.91. The molecule has 1 aromatic heterocycles. The van der Waals surface area contributed by atoms with E-state index in [-0.39, 0.29) is 8.55 Å². The van der Waals surface area contributed by atoms with E-state index in [1.807, 2.05) is 0 Å². The molecule has 2 atom stereocenters. The molecule has 0 spiro atoms. The molecule has 114 valence electrons. The van der Waals surface area contributed by atoms with Gasteiger partial charge in [0.25, 0.3) is 15.7 Å². The van der Waals surface area contributed by atoms with Crippen molar-refractivity contribution in [3.05, 3.63) is 20.5 Å². The summed E-state index contributed by atoms with van der Waals surface area (Å²) in [5.74, 6) is 0.370. The highest BCUT2D eigenvalue weighted by atomic mass is 35.5. The molecule has 0 saturated carbocycles. The van der Waals surface area contributed by atoms with Crippen LogP contribution in [0.1, 0.15) is 13.3 Å². The number of halogens is 1. The second-order valence-corrected chi connectivity index (χ2v) is 9.22. The van der Waals surface area contributed by atoms with Crippen LogP contribution in [0, 0.1) is 10.1 Å². The molecule has 1 rings (SSSR count). The molecule has 7 nitrogen and oxygen atoms in total. The standard InChI is InChI=1S/C9H13ClN2O5S3/c1-6(3-4-19(2)15)11-20(16,17)8-5-7(12(13)14)9(10)18-8/h5-6,11H,3-4H2,1-2H3. The van der Waals surface area contributed by atoms with Gasteiger partial charge in [-0.05, 0) is 13.3 Å². The van der Waals surface area contributed by atoms with Crippen molar-refractivity contribution in [2.75, 3.05) is 12.0 Å². The van der Waals surface area contributed by atoms with E-state index in [1.54, 1.807) is 6.92 Å². The van der Waals surface area contributed by atoms with E-state index in [0.717, 1.165) is 6.07 Å². The maximum atomic E-state index is 12.0. The highest BCUT2D eigenvalue weighted by Gasteiger charge is 2.26. The Hall–Kier alpha value is -0.550. The molecule has 0 saturated heterocycles. The lowest BCUT2D eigenvalue weighted by molar-refractivity contribution is -0.384. The average molecular weight is 361 g/mol. The van der Waals surface area contributed by atoms with Crippen LogP contribution in [0.25, 0.3) is 0 Å². The summed E-state index contributed by atoms with van der Waals surface area (Å²) >= 11 is 6.26. The zero-order valence-electron chi connectivity index (χ0n) is 10.7. The molecule has 0 radical (unpaired) electrons. The molecule has 0 fully saturated rings. The van der Waals surface area contributed by atoms with Gasteiger partial charge in [-0.2, -0.15) is 0 Å². The van der Waals surface area contributed by atoms with Crippen LogP contribution in [-0.4, -0.2) is 35.6 Å². The van der Waals surface area contributed by atoms with Gasteiger partial charge >= 0.3 is 0 Å². The molecule has 0 bridgehead atoms. The van der Waals surface area contributed by atoms with Crippen molar-refractivity contribution in [2.24, 2.45) is 0 Å². The molecule has 2 unspecified atom stereocenters. The van der Waals surface area contributed by atoms with Crippen molar-refractivity contribution in [1.82, 2.24) is 4.72 Å². The minimum Gasteiger partial charge on any atom is -0.260 e. The van der Waals surface area contributed by atoms with Crippen molar-refractivity contribution in [2.45, 2.75) is 23.6 Å². The number of nitro groups is 1. The number of rotatable bonds is 7. The van der Waals surface area contributed by atoms with Gasteiger partial charge in [0.15, 0.2) is 4.34 Å². The molecular weight excluding hydrogens is 348 g/mol. The molecule has 0 aliphatic carbocycles. The zero-order valence-corrected chi connectivity index (χ0v) is 13.9. The number of nitrogens with one attached hydrogen (secondary N) is 1. The fourth-order valence-corrected chi connectivity index (χ4v) is 4.96. The van der Waals surface area contributed by atoms with E-state index in [2.05, 4.69) is 4.72 Å². The van der Waals surface area contributed by atoms with Crippen LogP contribution in [0.5, 0.6) is 0 Å². The quantitative estimate of drug-likeness (QED) is 0.588. The van der Waals surface area contributed by atoms with Crippen molar-refractivity contribution in [3.63, 3.8) is 0 Å². The van der Waals surface area contributed by atoms with Crippen LogP contribution in [0.4, 0.5) is 5.69 Å². The van der Waals surface area contributed by atoms with Gasteiger partial charge in [0, 0.05) is 34.9 Å². The Bertz CT molecular complexity index is 628. The third kappa shape index (κ3) is 4.77. The van der Waals surface area contributed by atoms with Crippen molar-refractivity contribution >= 4 is 49.4 Å². The van der Waals surface area contributed by atoms with Gasteiger partial charge in [-0.25, -0.2) is 13.1 Å². The Morgan fingerprint density at radius 1 is 1.60 bits per heavy atom. The predicted octanol–water partition coefficient (Wildman–Crippen LogP) is 1.75. The Labute approximate surface area is 128 Å². The minimum absolute atomic E-state index is 0.183. The Balaban J connectivity index is 2.86. The Kier molecular flexibility index (Phi) is 6.07. The summed E-state index contributed by atoms with van der Waals surface area (Å²) in [6.45, 7) is 1.63. The molecule has 11 heteroatoms. The van der Waals surface area contributed by atoms with E-state index >= 15 is 0 Å². The van der Waals surface area contributed by atoms with Gasteiger partial charge < -0.3 is 0 Å². The lowest BCUT2D eigenvalue weighted by Gasteiger charge is -2.12. The Morgan fingerprint density at radius 3 is 2.65 bits per heavy atom. The molecule has 20 heavy (non-hydrogen) atoms. The molecular formula is C9H13ClN2O5S3. The normalized spacial score (nSPS) is 14.9. The maximum absolute atomic E-state index is 12.0. The number of nitrogens with zero attached hydrogens (tertiary/aromatic N) is 1. The van der Waals surface area contributed by atoms with E-state index in [1.165, 1.54) is 6.26 Å². The molecule has 0 aliphatic rings. The first-order valence-electron chi connectivity index (χ1n) is 5.39. The first-order chi connectivity index (χ1) is 9.13. The van der Waals surface area contributed by atoms with Gasteiger partial charge in [-0.1, -0.05) is 11.6 Å². The van der Waals surface area contributed by atoms with E-state index < -0.39 is 37.5 Å². The van der Waals surface area contributed by atoms with Gasteiger partial charge in [-0.3, -0.25) is 14.3 Å². The van der Waals surface area contributed by atoms with E-state index in [4.69, 9.17) is 11.6 Å². The monoisotopic (exact) mass is 360 g/mol. The number of thiophene rings is 1. The minimum atomic E-state index is -3.86. The summed E-state index contributed by atoms with van der Waals surface area (Å²) in [5, 5.41) is 10.6. The summed E-state index contributed by atoms with van der Waals surface area (Å²) in [7, 11) is -4.87. The highest BCUT2D eigenvalue weighted by molar-refractivity contribution is 7.91. The first-order valence-corrected chi connectivity index (χ1v) is 9.80. The fraction of sp³-hybridized carbons (Fsp3) is 0.556. The van der Waals surface area contributed by atoms with Crippen LogP contribution in [0.2, 0.25) is 4.34 Å².